The first kappa shape index (κ1) is 19.5. The molecular weight excluding hydrogens is 461 g/mol. The maximum atomic E-state index is 12.3. The van der Waals surface area contributed by atoms with Crippen molar-refractivity contribution in [1.82, 2.24) is 14.7 Å². The minimum absolute atomic E-state index is 0. The first-order chi connectivity index (χ1) is 10.1. The van der Waals surface area contributed by atoms with Crippen molar-refractivity contribution in [2.24, 2.45) is 0 Å². The van der Waals surface area contributed by atoms with Crippen LogP contribution in [0.15, 0.2) is 35.3 Å². The number of rotatable bonds is 3. The van der Waals surface area contributed by atoms with Gasteiger partial charge in [-0.05, 0) is 36.9 Å². The van der Waals surface area contributed by atoms with Gasteiger partial charge in [0, 0.05) is 48.1 Å². The van der Waals surface area contributed by atoms with E-state index in [-0.39, 0.29) is 47.4 Å². The molecule has 2 heterocycles. The van der Waals surface area contributed by atoms with Crippen LogP contribution in [0.1, 0.15) is 21.5 Å². The summed E-state index contributed by atoms with van der Waals surface area (Å²) in [7, 11) is 2.07. The Morgan fingerprint density at radius 1 is 1.35 bits per heavy atom. The molecule has 1 aromatic heterocycles. The first-order valence-corrected chi connectivity index (χ1v) is 6.90. The number of hydrogen-bond donors (Lipinski definition) is 0. The molecule has 0 fully saturated rings. The molecule has 1 aliphatic rings. The Morgan fingerprint density at radius 3 is 2.87 bits per heavy atom. The summed E-state index contributed by atoms with van der Waals surface area (Å²) < 4.78 is 1.16. The number of ketones is 1. The van der Waals surface area contributed by atoms with E-state index >= 15 is 0 Å². The number of fused-ring (bicyclic) bond motifs is 1. The second kappa shape index (κ2) is 8.37. The number of benzene rings is 1. The van der Waals surface area contributed by atoms with E-state index in [1.165, 1.54) is 23.4 Å². The van der Waals surface area contributed by atoms with Crippen LogP contribution in [0.2, 0.25) is 0 Å². The first-order valence-electron chi connectivity index (χ1n) is 6.90. The Bertz CT molecular complexity index is 748. The molecule has 0 aliphatic carbocycles. The van der Waals surface area contributed by atoms with Crippen LogP contribution in [-0.2, 0) is 40.6 Å². The van der Waals surface area contributed by atoms with Crippen LogP contribution < -0.4 is 5.56 Å². The fraction of sp³-hybridized carbons (Fsp3) is 0.312. The smallest absolute Gasteiger partial charge is 0.182 e. The monoisotopic (exact) mass is 477 g/mol. The molecule has 23 heavy (non-hydrogen) atoms. The average molecular weight is 477 g/mol. The number of hydrogen-bond acceptors (Lipinski definition) is 4. The van der Waals surface area contributed by atoms with Gasteiger partial charge in [-0.25, -0.2) is 11.2 Å². The van der Waals surface area contributed by atoms with E-state index in [9.17, 15) is 9.59 Å². The number of aromatic nitrogens is 2. The molecule has 5 nitrogen and oxygen atoms in total. The van der Waals surface area contributed by atoms with Crippen molar-refractivity contribution >= 4 is 14.2 Å². The van der Waals surface area contributed by atoms with Gasteiger partial charge in [0.1, 0.15) is 5.56 Å². The summed E-state index contributed by atoms with van der Waals surface area (Å²) in [6, 6.07) is 9.67. The van der Waals surface area contributed by atoms with Crippen LogP contribution in [0.25, 0.3) is 0 Å². The summed E-state index contributed by atoms with van der Waals surface area (Å²) in [5.41, 5.74) is 2.81. The summed E-state index contributed by atoms with van der Waals surface area (Å²) >= 11 is 0. The largest absolute Gasteiger partial charge is 0.381 e. The number of carbonyl (C=O) groups excluding carboxylic acids is 1. The second-order valence-electron chi connectivity index (χ2n) is 5.35. The third-order valence-electron chi connectivity index (χ3n) is 3.76. The predicted octanol–water partition coefficient (Wildman–Crippen LogP) is 0.531. The number of likely N-dealkylation sites (N-methyl/N-ethyl adjacent to an activating group) is 1. The van der Waals surface area contributed by atoms with Crippen molar-refractivity contribution in [3.05, 3.63) is 63.6 Å². The molecule has 117 valence electrons. The van der Waals surface area contributed by atoms with E-state index in [0.717, 1.165) is 24.2 Å². The maximum absolute atomic E-state index is 12.3. The zero-order valence-corrected chi connectivity index (χ0v) is 15.8. The van der Waals surface area contributed by atoms with Crippen molar-refractivity contribution in [1.29, 1.82) is 0 Å². The maximum Gasteiger partial charge on any atom is 0.182 e. The Balaban J connectivity index is 0.00000132. The summed E-state index contributed by atoms with van der Waals surface area (Å²) in [4.78, 5) is 26.1. The van der Waals surface area contributed by atoms with Crippen LogP contribution in [0.5, 0.6) is 0 Å². The molecule has 0 saturated heterocycles. The average Bonchev–Trinajstić information content (AvgIpc) is 2.48. The molecule has 0 saturated carbocycles. The SMILES string of the molecule is CN1CCc2ccc(C(=O)Cn3nc[c-]cc3=O)cc2C1.[B].[W]. The van der Waals surface area contributed by atoms with Gasteiger partial charge in [0.25, 0.3) is 0 Å². The second-order valence-corrected chi connectivity index (χ2v) is 5.35. The van der Waals surface area contributed by atoms with Gasteiger partial charge < -0.3 is 14.4 Å². The minimum Gasteiger partial charge on any atom is -0.381 e. The van der Waals surface area contributed by atoms with Crippen molar-refractivity contribution in [3.63, 3.8) is 0 Å². The minimum atomic E-state index is -0.316. The topological polar surface area (TPSA) is 55.2 Å². The Labute approximate surface area is 151 Å². The molecule has 0 unspecified atom stereocenters. The van der Waals surface area contributed by atoms with Crippen molar-refractivity contribution in [3.8, 4) is 0 Å². The third kappa shape index (κ3) is 4.49. The van der Waals surface area contributed by atoms with Gasteiger partial charge in [-0.1, -0.05) is 12.1 Å². The Hall–Kier alpha value is -1.52. The quantitative estimate of drug-likeness (QED) is 0.368. The Kier molecular flexibility index (Phi) is 7.11. The van der Waals surface area contributed by atoms with E-state index < -0.39 is 0 Å². The van der Waals surface area contributed by atoms with E-state index in [4.69, 9.17) is 0 Å². The number of Topliss-reactive ketones (excluding diaryl/α,β-unsaturated/α-hetero) is 1. The normalized spacial score (nSPS) is 13.4. The molecular formula is C16H16BN3O2W-. The zero-order chi connectivity index (χ0) is 14.8. The zero-order valence-electron chi connectivity index (χ0n) is 12.9. The van der Waals surface area contributed by atoms with E-state index in [1.807, 2.05) is 18.2 Å². The molecule has 3 radical (unpaired) electrons. The van der Waals surface area contributed by atoms with Gasteiger partial charge in [-0.3, -0.25) is 4.79 Å². The molecule has 0 bridgehead atoms. The van der Waals surface area contributed by atoms with Gasteiger partial charge in [0.2, 0.25) is 0 Å². The summed E-state index contributed by atoms with van der Waals surface area (Å²) in [5.74, 6) is -0.105. The predicted molar refractivity (Wildman–Crippen MR) is 83.9 cm³/mol. The molecule has 1 aromatic carbocycles. The van der Waals surface area contributed by atoms with Gasteiger partial charge in [0.15, 0.2) is 5.78 Å². The molecule has 0 atom stereocenters. The fourth-order valence-corrected chi connectivity index (χ4v) is 2.56. The molecule has 0 amide bonds. The van der Waals surface area contributed by atoms with E-state index in [0.29, 0.717) is 5.56 Å². The van der Waals surface area contributed by atoms with Crippen LogP contribution in [0.3, 0.4) is 0 Å². The van der Waals surface area contributed by atoms with Gasteiger partial charge in [0.05, 0.1) is 6.54 Å². The van der Waals surface area contributed by atoms with E-state index in [2.05, 4.69) is 23.1 Å². The standard InChI is InChI=1S/C16H16N3O2.B.W/c1-18-8-6-12-4-5-13(9-14(12)10-18)15(20)11-19-16(21)3-2-7-17-19;;/h3-5,7,9H,6,8,10-11H2,1H3;;/q-1;;. The third-order valence-corrected chi connectivity index (χ3v) is 3.76. The molecule has 1 aliphatic heterocycles. The van der Waals surface area contributed by atoms with Gasteiger partial charge in [-0.15, -0.1) is 0 Å². The molecule has 7 heteroatoms. The van der Waals surface area contributed by atoms with Crippen LogP contribution in [-0.4, -0.2) is 42.5 Å². The number of nitrogens with zero attached hydrogens (tertiary/aromatic N) is 3. The van der Waals surface area contributed by atoms with E-state index in [1.54, 1.807) is 0 Å². The summed E-state index contributed by atoms with van der Waals surface area (Å²) in [6.07, 6.45) is 2.40. The summed E-state index contributed by atoms with van der Waals surface area (Å²) in [5, 5.41) is 3.86. The molecule has 3 rings (SSSR count). The van der Waals surface area contributed by atoms with Crippen molar-refractivity contribution in [2.45, 2.75) is 19.5 Å². The molecule has 0 N–H and O–H groups in total. The van der Waals surface area contributed by atoms with Crippen LogP contribution in [0.4, 0.5) is 0 Å². The van der Waals surface area contributed by atoms with Crippen molar-refractivity contribution in [2.75, 3.05) is 13.6 Å². The van der Waals surface area contributed by atoms with Gasteiger partial charge in [-0.2, -0.15) is 6.07 Å². The molecule has 0 spiro atoms. The number of carbonyl (C=O) groups is 1. The fourth-order valence-electron chi connectivity index (χ4n) is 2.56. The van der Waals surface area contributed by atoms with Crippen LogP contribution in [0, 0.1) is 6.07 Å². The Morgan fingerprint density at radius 2 is 2.13 bits per heavy atom. The van der Waals surface area contributed by atoms with Gasteiger partial charge >= 0.3 is 0 Å². The summed E-state index contributed by atoms with van der Waals surface area (Å²) in [6.45, 7) is 1.86. The molecule has 2 aromatic rings. The van der Waals surface area contributed by atoms with Crippen molar-refractivity contribution < 1.29 is 25.9 Å². The van der Waals surface area contributed by atoms with Crippen LogP contribution >= 0.6 is 0 Å².